The van der Waals surface area contributed by atoms with Gasteiger partial charge in [-0.25, -0.2) is 0 Å². The number of fused-ring (bicyclic) bond motifs is 1. The molecule has 1 aromatic carbocycles. The number of likely N-dealkylation sites (tertiary alicyclic amines) is 1. The molecule has 1 aliphatic carbocycles. The van der Waals surface area contributed by atoms with Crippen molar-refractivity contribution in [2.75, 3.05) is 19.4 Å². The van der Waals surface area contributed by atoms with Gasteiger partial charge in [-0.05, 0) is 37.3 Å². The zero-order chi connectivity index (χ0) is 14.1. The van der Waals surface area contributed by atoms with E-state index in [1.54, 1.807) is 25.3 Å². The van der Waals surface area contributed by atoms with Crippen molar-refractivity contribution in [2.45, 2.75) is 38.1 Å². The Bertz CT molecular complexity index is 515. The summed E-state index contributed by atoms with van der Waals surface area (Å²) >= 11 is 0. The number of amides is 1. The molecule has 1 aliphatic heterocycles. The topological polar surface area (TPSA) is 55.6 Å². The number of nitrogens with two attached hydrogens (primary N) is 1. The van der Waals surface area contributed by atoms with Gasteiger partial charge in [-0.1, -0.05) is 12.8 Å². The molecular weight excluding hydrogens is 252 g/mol. The monoisotopic (exact) mass is 274 g/mol. The largest absolute Gasteiger partial charge is 0.497 e. The van der Waals surface area contributed by atoms with Gasteiger partial charge in [0.15, 0.2) is 0 Å². The van der Waals surface area contributed by atoms with Crippen molar-refractivity contribution >= 4 is 11.6 Å². The molecule has 0 aromatic heterocycles. The summed E-state index contributed by atoms with van der Waals surface area (Å²) in [4.78, 5) is 14.8. The average molecular weight is 274 g/mol. The van der Waals surface area contributed by atoms with E-state index in [1.165, 1.54) is 19.3 Å². The van der Waals surface area contributed by atoms with Crippen LogP contribution in [-0.2, 0) is 0 Å². The van der Waals surface area contributed by atoms with Gasteiger partial charge in [0.2, 0.25) is 0 Å². The van der Waals surface area contributed by atoms with Crippen LogP contribution in [-0.4, -0.2) is 30.5 Å². The highest BCUT2D eigenvalue weighted by atomic mass is 16.5. The van der Waals surface area contributed by atoms with Gasteiger partial charge >= 0.3 is 0 Å². The second kappa shape index (κ2) is 5.35. The first kappa shape index (κ1) is 13.3. The van der Waals surface area contributed by atoms with Crippen LogP contribution in [0.4, 0.5) is 5.69 Å². The molecule has 2 aliphatic rings. The highest BCUT2D eigenvalue weighted by molar-refractivity contribution is 5.96. The number of rotatable bonds is 2. The molecule has 0 bridgehead atoms. The third kappa shape index (κ3) is 2.35. The molecule has 1 amide bonds. The number of methoxy groups -OCH3 is 1. The summed E-state index contributed by atoms with van der Waals surface area (Å²) in [5, 5.41) is 0. The minimum atomic E-state index is 0.102. The van der Waals surface area contributed by atoms with Gasteiger partial charge in [-0.2, -0.15) is 0 Å². The third-order valence-electron chi connectivity index (χ3n) is 4.68. The smallest absolute Gasteiger partial charge is 0.254 e. The quantitative estimate of drug-likeness (QED) is 0.844. The molecule has 2 N–H and O–H groups in total. The zero-order valence-corrected chi connectivity index (χ0v) is 12.0. The lowest BCUT2D eigenvalue weighted by atomic mass is 9.85. The first-order valence-electron chi connectivity index (χ1n) is 7.44. The molecule has 4 nitrogen and oxygen atoms in total. The van der Waals surface area contributed by atoms with E-state index < -0.39 is 0 Å². The van der Waals surface area contributed by atoms with Crippen molar-refractivity contribution in [3.8, 4) is 5.75 Å². The number of anilines is 1. The van der Waals surface area contributed by atoms with Crippen LogP contribution < -0.4 is 10.5 Å². The first-order chi connectivity index (χ1) is 9.69. The van der Waals surface area contributed by atoms with Crippen molar-refractivity contribution in [3.05, 3.63) is 23.8 Å². The number of ether oxygens (including phenoxy) is 1. The molecule has 1 saturated carbocycles. The molecule has 0 spiro atoms. The van der Waals surface area contributed by atoms with E-state index in [4.69, 9.17) is 10.5 Å². The van der Waals surface area contributed by atoms with Gasteiger partial charge in [-0.3, -0.25) is 4.79 Å². The van der Waals surface area contributed by atoms with E-state index in [0.717, 1.165) is 19.4 Å². The summed E-state index contributed by atoms with van der Waals surface area (Å²) in [6, 6.07) is 5.71. The van der Waals surface area contributed by atoms with Crippen LogP contribution in [0, 0.1) is 5.92 Å². The summed E-state index contributed by atoms with van der Waals surface area (Å²) in [5.74, 6) is 1.45. The Morgan fingerprint density at radius 1 is 1.25 bits per heavy atom. The van der Waals surface area contributed by atoms with Crippen LogP contribution in [0.15, 0.2) is 18.2 Å². The van der Waals surface area contributed by atoms with Crippen molar-refractivity contribution in [1.82, 2.24) is 4.90 Å². The minimum absolute atomic E-state index is 0.102. The summed E-state index contributed by atoms with van der Waals surface area (Å²) in [7, 11) is 1.59. The fourth-order valence-corrected chi connectivity index (χ4v) is 3.69. The zero-order valence-electron chi connectivity index (χ0n) is 12.0. The number of carbonyl (C=O) groups excluding carboxylic acids is 1. The lowest BCUT2D eigenvalue weighted by Gasteiger charge is -2.31. The van der Waals surface area contributed by atoms with Gasteiger partial charge < -0.3 is 15.4 Å². The van der Waals surface area contributed by atoms with Crippen molar-refractivity contribution in [1.29, 1.82) is 0 Å². The molecule has 1 aromatic rings. The Balaban J connectivity index is 1.83. The number of hydrogen-bond donors (Lipinski definition) is 1. The van der Waals surface area contributed by atoms with E-state index in [1.807, 2.05) is 0 Å². The molecule has 1 heterocycles. The Labute approximate surface area is 119 Å². The number of carbonyl (C=O) groups is 1. The van der Waals surface area contributed by atoms with Gasteiger partial charge in [0.05, 0.1) is 7.11 Å². The molecular formula is C16H22N2O2. The number of nitrogen functional groups attached to an aromatic ring is 1. The van der Waals surface area contributed by atoms with Crippen molar-refractivity contribution in [2.24, 2.45) is 5.92 Å². The normalized spacial score (nSPS) is 25.4. The molecule has 20 heavy (non-hydrogen) atoms. The molecule has 2 unspecified atom stereocenters. The van der Waals surface area contributed by atoms with Gasteiger partial charge in [-0.15, -0.1) is 0 Å². The van der Waals surface area contributed by atoms with Crippen LogP contribution >= 0.6 is 0 Å². The maximum Gasteiger partial charge on any atom is 0.254 e. The molecule has 2 atom stereocenters. The van der Waals surface area contributed by atoms with Gasteiger partial charge in [0.25, 0.3) is 5.91 Å². The van der Waals surface area contributed by atoms with E-state index in [9.17, 15) is 4.79 Å². The van der Waals surface area contributed by atoms with Crippen molar-refractivity contribution < 1.29 is 9.53 Å². The van der Waals surface area contributed by atoms with E-state index in [0.29, 0.717) is 29.0 Å². The second-order valence-electron chi connectivity index (χ2n) is 5.89. The second-order valence-corrected chi connectivity index (χ2v) is 5.89. The minimum Gasteiger partial charge on any atom is -0.497 e. The van der Waals surface area contributed by atoms with Crippen LogP contribution in [0.2, 0.25) is 0 Å². The molecule has 108 valence electrons. The molecule has 4 heteroatoms. The van der Waals surface area contributed by atoms with Crippen molar-refractivity contribution in [3.63, 3.8) is 0 Å². The summed E-state index contributed by atoms with van der Waals surface area (Å²) in [6.07, 6.45) is 6.13. The first-order valence-corrected chi connectivity index (χ1v) is 7.44. The van der Waals surface area contributed by atoms with Gasteiger partial charge in [0, 0.05) is 29.9 Å². The summed E-state index contributed by atoms with van der Waals surface area (Å²) in [6.45, 7) is 0.880. The Hall–Kier alpha value is -1.71. The molecule has 2 fully saturated rings. The molecule has 1 saturated heterocycles. The van der Waals surface area contributed by atoms with E-state index >= 15 is 0 Å². The SMILES string of the molecule is COc1cc(N)cc(C(=O)N2CCC3CCCCC32)c1. The fourth-order valence-electron chi connectivity index (χ4n) is 3.69. The van der Waals surface area contributed by atoms with Crippen LogP contribution in [0.1, 0.15) is 42.5 Å². The number of benzene rings is 1. The Morgan fingerprint density at radius 3 is 2.85 bits per heavy atom. The standard InChI is InChI=1S/C16H22N2O2/c1-20-14-9-12(8-13(17)10-14)16(19)18-7-6-11-4-2-3-5-15(11)18/h8-11,15H,2-7,17H2,1H3. The van der Waals surface area contributed by atoms with E-state index in [-0.39, 0.29) is 5.91 Å². The average Bonchev–Trinajstić information content (AvgIpc) is 2.89. The number of nitrogens with zero attached hydrogens (tertiary/aromatic N) is 1. The highest BCUT2D eigenvalue weighted by Crippen LogP contribution is 2.37. The molecule has 3 rings (SSSR count). The lowest BCUT2D eigenvalue weighted by molar-refractivity contribution is 0.0690. The van der Waals surface area contributed by atoms with Crippen LogP contribution in [0.25, 0.3) is 0 Å². The summed E-state index contributed by atoms with van der Waals surface area (Å²) in [5.41, 5.74) is 7.07. The van der Waals surface area contributed by atoms with E-state index in [2.05, 4.69) is 4.90 Å². The van der Waals surface area contributed by atoms with Gasteiger partial charge in [0.1, 0.15) is 5.75 Å². The maximum absolute atomic E-state index is 12.7. The molecule has 0 radical (unpaired) electrons. The third-order valence-corrected chi connectivity index (χ3v) is 4.68. The highest BCUT2D eigenvalue weighted by Gasteiger charge is 2.38. The predicted octanol–water partition coefficient (Wildman–Crippen LogP) is 2.68. The van der Waals surface area contributed by atoms with Crippen LogP contribution in [0.5, 0.6) is 5.75 Å². The Morgan fingerprint density at radius 2 is 2.05 bits per heavy atom. The van der Waals surface area contributed by atoms with Crippen LogP contribution in [0.3, 0.4) is 0 Å². The Kier molecular flexibility index (Phi) is 3.55. The maximum atomic E-state index is 12.7. The fraction of sp³-hybridized carbons (Fsp3) is 0.562. The summed E-state index contributed by atoms with van der Waals surface area (Å²) < 4.78 is 5.20. The lowest BCUT2D eigenvalue weighted by Crippen LogP contribution is -2.39. The number of hydrogen-bond acceptors (Lipinski definition) is 3. The predicted molar refractivity (Wildman–Crippen MR) is 78.8 cm³/mol.